The van der Waals surface area contributed by atoms with Gasteiger partial charge in [-0.25, -0.2) is 4.98 Å². The topological polar surface area (TPSA) is 59.8 Å². The fourth-order valence-electron chi connectivity index (χ4n) is 2.78. The number of para-hydroxylation sites is 1. The Morgan fingerprint density at radius 3 is 2.85 bits per heavy atom. The zero-order valence-electron chi connectivity index (χ0n) is 14.1. The normalized spacial score (nSPS) is 10.8. The van der Waals surface area contributed by atoms with E-state index in [2.05, 4.69) is 15.3 Å². The van der Waals surface area contributed by atoms with Crippen LogP contribution in [-0.2, 0) is 0 Å². The molecule has 1 amide bonds. The molecule has 0 radical (unpaired) electrons. The number of amides is 1. The SMILES string of the molecule is CSc1nccn1-c1cccc(C(=O)Nc2cnc3ccccc3c2)c1. The number of fused-ring (bicyclic) bond motifs is 1. The summed E-state index contributed by atoms with van der Waals surface area (Å²) in [5.41, 5.74) is 3.05. The predicted molar refractivity (Wildman–Crippen MR) is 105 cm³/mol. The Morgan fingerprint density at radius 2 is 1.96 bits per heavy atom. The van der Waals surface area contributed by atoms with E-state index < -0.39 is 0 Å². The lowest BCUT2D eigenvalue weighted by Gasteiger charge is -2.09. The van der Waals surface area contributed by atoms with Crippen molar-refractivity contribution in [1.82, 2.24) is 14.5 Å². The lowest BCUT2D eigenvalue weighted by Crippen LogP contribution is -2.12. The minimum Gasteiger partial charge on any atom is -0.321 e. The minimum atomic E-state index is -0.172. The molecule has 0 atom stereocenters. The number of thioether (sulfide) groups is 1. The summed E-state index contributed by atoms with van der Waals surface area (Å²) in [4.78, 5) is 21.3. The highest BCUT2D eigenvalue weighted by molar-refractivity contribution is 7.98. The van der Waals surface area contributed by atoms with Crippen LogP contribution >= 0.6 is 11.8 Å². The van der Waals surface area contributed by atoms with E-state index in [1.54, 1.807) is 30.2 Å². The quantitative estimate of drug-likeness (QED) is 0.548. The maximum Gasteiger partial charge on any atom is 0.255 e. The van der Waals surface area contributed by atoms with Crippen LogP contribution in [0.15, 0.2) is 78.3 Å². The first-order valence-corrected chi connectivity index (χ1v) is 9.31. The van der Waals surface area contributed by atoms with Gasteiger partial charge < -0.3 is 5.32 Å². The second-order valence-corrected chi connectivity index (χ2v) is 6.48. The van der Waals surface area contributed by atoms with Gasteiger partial charge in [-0.2, -0.15) is 0 Å². The third-order valence-electron chi connectivity index (χ3n) is 4.02. The minimum absolute atomic E-state index is 0.172. The molecule has 2 heterocycles. The molecule has 2 aromatic heterocycles. The van der Waals surface area contributed by atoms with Crippen molar-refractivity contribution in [2.75, 3.05) is 11.6 Å². The number of rotatable bonds is 4. The molecular formula is C20H16N4OS. The summed E-state index contributed by atoms with van der Waals surface area (Å²) in [7, 11) is 0. The number of hydrogen-bond donors (Lipinski definition) is 1. The highest BCUT2D eigenvalue weighted by atomic mass is 32.2. The molecule has 0 bridgehead atoms. The molecule has 0 aliphatic heterocycles. The Bertz CT molecular complexity index is 1090. The number of imidazole rings is 1. The monoisotopic (exact) mass is 360 g/mol. The smallest absolute Gasteiger partial charge is 0.255 e. The van der Waals surface area contributed by atoms with Crippen molar-refractivity contribution in [1.29, 1.82) is 0 Å². The van der Waals surface area contributed by atoms with Crippen molar-refractivity contribution in [3.63, 3.8) is 0 Å². The van der Waals surface area contributed by atoms with Gasteiger partial charge in [0, 0.05) is 29.0 Å². The number of benzene rings is 2. The zero-order valence-corrected chi connectivity index (χ0v) is 14.9. The molecule has 0 saturated carbocycles. The first-order chi connectivity index (χ1) is 12.7. The molecule has 0 saturated heterocycles. The molecule has 5 nitrogen and oxygen atoms in total. The van der Waals surface area contributed by atoms with Crippen LogP contribution in [0.2, 0.25) is 0 Å². The Kier molecular flexibility index (Phi) is 4.41. The molecule has 128 valence electrons. The molecule has 4 rings (SSSR count). The van der Waals surface area contributed by atoms with Crippen LogP contribution in [0.5, 0.6) is 0 Å². The number of pyridine rings is 1. The number of carbonyl (C=O) groups is 1. The van der Waals surface area contributed by atoms with Crippen molar-refractivity contribution in [2.24, 2.45) is 0 Å². The molecule has 0 spiro atoms. The second kappa shape index (κ2) is 7.01. The predicted octanol–water partition coefficient (Wildman–Crippen LogP) is 4.39. The molecule has 26 heavy (non-hydrogen) atoms. The number of hydrogen-bond acceptors (Lipinski definition) is 4. The van der Waals surface area contributed by atoms with E-state index in [4.69, 9.17) is 0 Å². The lowest BCUT2D eigenvalue weighted by molar-refractivity contribution is 0.102. The first-order valence-electron chi connectivity index (χ1n) is 8.08. The summed E-state index contributed by atoms with van der Waals surface area (Å²) < 4.78 is 1.96. The fourth-order valence-corrected chi connectivity index (χ4v) is 3.31. The van der Waals surface area contributed by atoms with Gasteiger partial charge in [0.15, 0.2) is 5.16 Å². The van der Waals surface area contributed by atoms with Crippen LogP contribution in [0.1, 0.15) is 10.4 Å². The Balaban J connectivity index is 1.60. The van der Waals surface area contributed by atoms with E-state index in [1.807, 2.05) is 65.6 Å². The summed E-state index contributed by atoms with van der Waals surface area (Å²) in [5.74, 6) is -0.172. The summed E-state index contributed by atoms with van der Waals surface area (Å²) in [6, 6.07) is 17.2. The summed E-state index contributed by atoms with van der Waals surface area (Å²) in [6.45, 7) is 0. The first kappa shape index (κ1) is 16.4. The molecule has 6 heteroatoms. The molecule has 0 aliphatic carbocycles. The van der Waals surface area contributed by atoms with Gasteiger partial charge in [-0.05, 0) is 36.6 Å². The number of nitrogens with one attached hydrogen (secondary N) is 1. The molecule has 1 N–H and O–H groups in total. The molecule has 2 aromatic carbocycles. The Labute approximate surface area is 155 Å². The lowest BCUT2D eigenvalue weighted by atomic mass is 10.1. The molecule has 4 aromatic rings. The summed E-state index contributed by atoms with van der Waals surface area (Å²) in [5, 5.41) is 4.78. The molecule has 0 aliphatic rings. The van der Waals surface area contributed by atoms with E-state index >= 15 is 0 Å². The van der Waals surface area contributed by atoms with Crippen LogP contribution in [0.3, 0.4) is 0 Å². The Hall–Kier alpha value is -3.12. The number of nitrogens with zero attached hydrogens (tertiary/aromatic N) is 3. The average Bonchev–Trinajstić information content (AvgIpc) is 3.17. The van der Waals surface area contributed by atoms with Gasteiger partial charge in [-0.1, -0.05) is 36.0 Å². The number of anilines is 1. The van der Waals surface area contributed by atoms with Crippen molar-refractivity contribution in [3.8, 4) is 5.69 Å². The fraction of sp³-hybridized carbons (Fsp3) is 0.0500. The summed E-state index contributed by atoms with van der Waals surface area (Å²) >= 11 is 1.56. The molecular weight excluding hydrogens is 344 g/mol. The number of carbonyl (C=O) groups excluding carboxylic acids is 1. The van der Waals surface area contributed by atoms with Crippen molar-refractivity contribution in [3.05, 3.63) is 78.8 Å². The van der Waals surface area contributed by atoms with Gasteiger partial charge in [-0.3, -0.25) is 14.3 Å². The Morgan fingerprint density at radius 1 is 1.08 bits per heavy atom. The molecule has 0 fully saturated rings. The van der Waals surface area contributed by atoms with E-state index in [1.165, 1.54) is 0 Å². The van der Waals surface area contributed by atoms with Crippen LogP contribution in [0.4, 0.5) is 5.69 Å². The zero-order chi connectivity index (χ0) is 17.9. The van der Waals surface area contributed by atoms with E-state index in [9.17, 15) is 4.79 Å². The van der Waals surface area contributed by atoms with Crippen LogP contribution < -0.4 is 5.32 Å². The standard InChI is InChI=1S/C20H16N4OS/c1-26-20-21-9-10-24(20)17-7-4-6-15(12-17)19(25)23-16-11-14-5-2-3-8-18(14)22-13-16/h2-13H,1H3,(H,23,25). The maximum atomic E-state index is 12.7. The number of aromatic nitrogens is 3. The third-order valence-corrected chi connectivity index (χ3v) is 4.69. The van der Waals surface area contributed by atoms with Gasteiger partial charge in [0.2, 0.25) is 0 Å². The van der Waals surface area contributed by atoms with Gasteiger partial charge in [-0.15, -0.1) is 0 Å². The maximum absolute atomic E-state index is 12.7. The van der Waals surface area contributed by atoms with Gasteiger partial charge in [0.1, 0.15) is 0 Å². The van der Waals surface area contributed by atoms with Crippen molar-refractivity contribution in [2.45, 2.75) is 5.16 Å². The van der Waals surface area contributed by atoms with Crippen LogP contribution in [-0.4, -0.2) is 26.7 Å². The third kappa shape index (κ3) is 3.19. The highest BCUT2D eigenvalue weighted by Gasteiger charge is 2.10. The van der Waals surface area contributed by atoms with Gasteiger partial charge in [0.05, 0.1) is 17.4 Å². The second-order valence-electron chi connectivity index (χ2n) is 5.71. The molecule has 0 unspecified atom stereocenters. The summed E-state index contributed by atoms with van der Waals surface area (Å²) in [6.07, 6.45) is 7.28. The van der Waals surface area contributed by atoms with E-state index in [0.29, 0.717) is 11.3 Å². The average molecular weight is 360 g/mol. The van der Waals surface area contributed by atoms with Crippen molar-refractivity contribution < 1.29 is 4.79 Å². The van der Waals surface area contributed by atoms with Crippen LogP contribution in [0, 0.1) is 0 Å². The van der Waals surface area contributed by atoms with E-state index in [0.717, 1.165) is 21.7 Å². The van der Waals surface area contributed by atoms with Gasteiger partial charge >= 0.3 is 0 Å². The van der Waals surface area contributed by atoms with Crippen molar-refractivity contribution >= 4 is 34.3 Å². The van der Waals surface area contributed by atoms with E-state index in [-0.39, 0.29) is 5.91 Å². The largest absolute Gasteiger partial charge is 0.321 e. The van der Waals surface area contributed by atoms with Gasteiger partial charge in [0.25, 0.3) is 5.91 Å². The van der Waals surface area contributed by atoms with Crippen LogP contribution in [0.25, 0.3) is 16.6 Å². The highest BCUT2D eigenvalue weighted by Crippen LogP contribution is 2.20.